The van der Waals surface area contributed by atoms with Crippen molar-refractivity contribution in [1.29, 1.82) is 5.26 Å². The molecule has 2 rings (SSSR count). The van der Waals surface area contributed by atoms with Gasteiger partial charge in [0.15, 0.2) is 12.0 Å². The molecule has 0 radical (unpaired) electrons. The molecule has 1 heterocycles. The Morgan fingerprint density at radius 3 is 2.72 bits per heavy atom. The first kappa shape index (κ1) is 12.3. The number of nitrogens with one attached hydrogen (secondary N) is 1. The number of halogens is 1. The summed E-state index contributed by atoms with van der Waals surface area (Å²) in [7, 11) is 1.60. The number of aromatic nitrogens is 2. The zero-order valence-electron chi connectivity index (χ0n) is 9.51. The summed E-state index contributed by atoms with van der Waals surface area (Å²) in [4.78, 5) is 0. The number of ether oxygens (including phenoxy) is 1. The first-order valence-corrected chi connectivity index (χ1v) is 5.86. The minimum Gasteiger partial charge on any atom is -0.496 e. The molecule has 5 nitrogen and oxygen atoms in total. The number of benzene rings is 1. The SMILES string of the molecule is COc1ccc(Br)cc1-c1ccc(NC#N)nn1. The molecule has 0 unspecified atom stereocenters. The Morgan fingerprint density at radius 2 is 2.11 bits per heavy atom. The largest absolute Gasteiger partial charge is 0.496 e. The molecule has 0 spiro atoms. The lowest BCUT2D eigenvalue weighted by Gasteiger charge is -2.08. The summed E-state index contributed by atoms with van der Waals surface area (Å²) in [5.41, 5.74) is 1.51. The number of methoxy groups -OCH3 is 1. The van der Waals surface area contributed by atoms with Crippen molar-refractivity contribution < 1.29 is 4.74 Å². The summed E-state index contributed by atoms with van der Waals surface area (Å²) in [5.74, 6) is 1.13. The Kier molecular flexibility index (Phi) is 3.75. The molecular formula is C12H9BrN4O. The average Bonchev–Trinajstić information content (AvgIpc) is 2.40. The lowest BCUT2D eigenvalue weighted by molar-refractivity contribution is 0.416. The van der Waals surface area contributed by atoms with Gasteiger partial charge in [-0.05, 0) is 30.3 Å². The Labute approximate surface area is 113 Å². The summed E-state index contributed by atoms with van der Waals surface area (Å²) in [6.07, 6.45) is 1.79. The smallest absolute Gasteiger partial charge is 0.182 e. The summed E-state index contributed by atoms with van der Waals surface area (Å²) in [6.45, 7) is 0. The molecule has 6 heteroatoms. The average molecular weight is 305 g/mol. The maximum atomic E-state index is 8.47. The van der Waals surface area contributed by atoms with Gasteiger partial charge in [0.2, 0.25) is 0 Å². The molecule has 0 aliphatic heterocycles. The second kappa shape index (κ2) is 5.47. The predicted molar refractivity (Wildman–Crippen MR) is 71.0 cm³/mol. The lowest BCUT2D eigenvalue weighted by Crippen LogP contribution is -1.96. The fraction of sp³-hybridized carbons (Fsp3) is 0.0833. The van der Waals surface area contributed by atoms with E-state index in [1.54, 1.807) is 25.4 Å². The highest BCUT2D eigenvalue weighted by atomic mass is 79.9. The van der Waals surface area contributed by atoms with Crippen LogP contribution in [0, 0.1) is 11.5 Å². The highest BCUT2D eigenvalue weighted by Gasteiger charge is 2.08. The van der Waals surface area contributed by atoms with Crippen molar-refractivity contribution in [3.05, 3.63) is 34.8 Å². The van der Waals surface area contributed by atoms with E-state index < -0.39 is 0 Å². The van der Waals surface area contributed by atoms with E-state index in [2.05, 4.69) is 31.4 Å². The van der Waals surface area contributed by atoms with Crippen LogP contribution in [0.1, 0.15) is 0 Å². The third-order valence-electron chi connectivity index (χ3n) is 2.29. The second-order valence-corrected chi connectivity index (χ2v) is 4.30. The van der Waals surface area contributed by atoms with Crippen molar-refractivity contribution in [2.24, 2.45) is 0 Å². The maximum Gasteiger partial charge on any atom is 0.182 e. The Morgan fingerprint density at radius 1 is 1.28 bits per heavy atom. The molecule has 0 aliphatic carbocycles. The van der Waals surface area contributed by atoms with Gasteiger partial charge in [-0.2, -0.15) is 5.26 Å². The molecule has 0 fully saturated rings. The van der Waals surface area contributed by atoms with E-state index in [1.807, 2.05) is 18.2 Å². The quantitative estimate of drug-likeness (QED) is 0.697. The van der Waals surface area contributed by atoms with Gasteiger partial charge in [-0.15, -0.1) is 10.2 Å². The van der Waals surface area contributed by atoms with Crippen molar-refractivity contribution in [3.8, 4) is 23.2 Å². The molecule has 2 aromatic rings. The molecule has 0 bridgehead atoms. The molecular weight excluding hydrogens is 296 g/mol. The van der Waals surface area contributed by atoms with E-state index in [0.29, 0.717) is 17.3 Å². The molecule has 0 aliphatic rings. The number of nitrogens with zero attached hydrogens (tertiary/aromatic N) is 3. The molecule has 0 amide bonds. The van der Waals surface area contributed by atoms with Crippen LogP contribution in [0.5, 0.6) is 5.75 Å². The van der Waals surface area contributed by atoms with E-state index in [1.165, 1.54) is 0 Å². The fourth-order valence-electron chi connectivity index (χ4n) is 1.48. The van der Waals surface area contributed by atoms with E-state index in [9.17, 15) is 0 Å². The van der Waals surface area contributed by atoms with Gasteiger partial charge in [0.05, 0.1) is 12.8 Å². The number of anilines is 1. The van der Waals surface area contributed by atoms with Crippen molar-refractivity contribution in [2.75, 3.05) is 12.4 Å². The topological polar surface area (TPSA) is 70.8 Å². The number of rotatable bonds is 3. The van der Waals surface area contributed by atoms with Gasteiger partial charge < -0.3 is 4.74 Å². The van der Waals surface area contributed by atoms with Crippen molar-refractivity contribution >= 4 is 21.7 Å². The molecule has 1 N–H and O–H groups in total. The van der Waals surface area contributed by atoms with Crippen LogP contribution < -0.4 is 10.1 Å². The number of nitriles is 1. The minimum absolute atomic E-state index is 0.412. The van der Waals surface area contributed by atoms with Gasteiger partial charge in [0.25, 0.3) is 0 Å². The molecule has 0 saturated heterocycles. The van der Waals surface area contributed by atoms with Gasteiger partial charge >= 0.3 is 0 Å². The first-order chi connectivity index (χ1) is 8.74. The summed E-state index contributed by atoms with van der Waals surface area (Å²) in [6, 6.07) is 9.10. The molecule has 0 atom stereocenters. The van der Waals surface area contributed by atoms with Crippen LogP contribution in [0.25, 0.3) is 11.3 Å². The lowest BCUT2D eigenvalue weighted by atomic mass is 10.1. The molecule has 90 valence electrons. The normalized spacial score (nSPS) is 9.61. The highest BCUT2D eigenvalue weighted by Crippen LogP contribution is 2.31. The van der Waals surface area contributed by atoms with Crippen LogP contribution >= 0.6 is 15.9 Å². The van der Waals surface area contributed by atoms with E-state index in [4.69, 9.17) is 10.00 Å². The van der Waals surface area contributed by atoms with Crippen LogP contribution in [-0.2, 0) is 0 Å². The maximum absolute atomic E-state index is 8.47. The molecule has 18 heavy (non-hydrogen) atoms. The highest BCUT2D eigenvalue weighted by molar-refractivity contribution is 9.10. The predicted octanol–water partition coefficient (Wildman–Crippen LogP) is 2.81. The van der Waals surface area contributed by atoms with Crippen LogP contribution in [0.2, 0.25) is 0 Å². The van der Waals surface area contributed by atoms with Gasteiger partial charge in [0, 0.05) is 10.0 Å². The van der Waals surface area contributed by atoms with Crippen LogP contribution in [-0.4, -0.2) is 17.3 Å². The van der Waals surface area contributed by atoms with Crippen LogP contribution in [0.3, 0.4) is 0 Å². The number of hydrogen-bond donors (Lipinski definition) is 1. The Hall–Kier alpha value is -2.13. The van der Waals surface area contributed by atoms with Crippen molar-refractivity contribution in [2.45, 2.75) is 0 Å². The van der Waals surface area contributed by atoms with Crippen molar-refractivity contribution in [3.63, 3.8) is 0 Å². The first-order valence-electron chi connectivity index (χ1n) is 5.07. The third kappa shape index (κ3) is 2.57. The summed E-state index contributed by atoms with van der Waals surface area (Å²) >= 11 is 3.40. The standard InChI is InChI=1S/C12H9BrN4O/c1-18-11-4-2-8(13)6-9(11)10-3-5-12(15-7-14)17-16-10/h2-6H,1H3,(H,15,17). The zero-order chi connectivity index (χ0) is 13.0. The van der Waals surface area contributed by atoms with E-state index in [-0.39, 0.29) is 0 Å². The van der Waals surface area contributed by atoms with Gasteiger partial charge in [0.1, 0.15) is 5.75 Å². The Balaban J connectivity index is 2.42. The van der Waals surface area contributed by atoms with Crippen LogP contribution in [0.4, 0.5) is 5.82 Å². The van der Waals surface area contributed by atoms with Gasteiger partial charge in [-0.25, -0.2) is 0 Å². The zero-order valence-corrected chi connectivity index (χ0v) is 11.1. The van der Waals surface area contributed by atoms with E-state index >= 15 is 0 Å². The second-order valence-electron chi connectivity index (χ2n) is 3.39. The monoisotopic (exact) mass is 304 g/mol. The summed E-state index contributed by atoms with van der Waals surface area (Å²) in [5, 5.41) is 18.8. The van der Waals surface area contributed by atoms with Gasteiger partial charge in [-0.3, -0.25) is 5.32 Å². The molecule has 1 aromatic carbocycles. The third-order valence-corrected chi connectivity index (χ3v) is 2.78. The summed E-state index contributed by atoms with van der Waals surface area (Å²) < 4.78 is 6.21. The number of hydrogen-bond acceptors (Lipinski definition) is 5. The molecule has 0 saturated carbocycles. The fourth-order valence-corrected chi connectivity index (χ4v) is 1.84. The minimum atomic E-state index is 0.412. The molecule has 1 aromatic heterocycles. The van der Waals surface area contributed by atoms with Crippen LogP contribution in [0.15, 0.2) is 34.8 Å². The van der Waals surface area contributed by atoms with Crippen molar-refractivity contribution in [1.82, 2.24) is 10.2 Å². The van der Waals surface area contributed by atoms with E-state index in [0.717, 1.165) is 10.0 Å². The Bertz CT molecular complexity index is 592. The van der Waals surface area contributed by atoms with Gasteiger partial charge in [-0.1, -0.05) is 15.9 Å².